The van der Waals surface area contributed by atoms with Gasteiger partial charge in [-0.1, -0.05) is 33.6 Å². The average molecular weight is 538 g/mol. The van der Waals surface area contributed by atoms with Crippen molar-refractivity contribution in [2.45, 2.75) is 13.8 Å². The molecule has 0 saturated heterocycles. The molecule has 0 aliphatic carbocycles. The fourth-order valence-corrected chi connectivity index (χ4v) is 3.37. The number of halogens is 1. The maximum absolute atomic E-state index is 12.6. The molecule has 3 aromatic carbocycles. The molecule has 2 amide bonds. The minimum atomic E-state index is -0.548. The summed E-state index contributed by atoms with van der Waals surface area (Å²) in [5.41, 5.74) is 4.58. The summed E-state index contributed by atoms with van der Waals surface area (Å²) in [6.07, 6.45) is 1.35. The van der Waals surface area contributed by atoms with E-state index in [1.165, 1.54) is 6.21 Å². The zero-order chi connectivity index (χ0) is 25.2. The number of hydrazone groups is 1. The molecule has 0 radical (unpaired) electrons. The van der Waals surface area contributed by atoms with Gasteiger partial charge in [0.15, 0.2) is 0 Å². The molecule has 0 aromatic heterocycles. The molecule has 0 atom stereocenters. The van der Waals surface area contributed by atoms with Crippen molar-refractivity contribution in [1.29, 1.82) is 0 Å². The van der Waals surface area contributed by atoms with Crippen molar-refractivity contribution in [1.82, 2.24) is 10.7 Å². The summed E-state index contributed by atoms with van der Waals surface area (Å²) < 4.78 is 11.6. The lowest BCUT2D eigenvalue weighted by atomic mass is 10.1. The van der Waals surface area contributed by atoms with Gasteiger partial charge in [-0.05, 0) is 68.4 Å². The van der Waals surface area contributed by atoms with E-state index >= 15 is 0 Å². The van der Waals surface area contributed by atoms with Gasteiger partial charge in [-0.15, -0.1) is 0 Å². The molecule has 0 heterocycles. The lowest BCUT2D eigenvalue weighted by Gasteiger charge is -2.09. The maximum atomic E-state index is 12.6. The molecular weight excluding hydrogens is 514 g/mol. The van der Waals surface area contributed by atoms with Gasteiger partial charge in [-0.3, -0.25) is 9.59 Å². The van der Waals surface area contributed by atoms with Crippen molar-refractivity contribution < 1.29 is 23.9 Å². The Balaban J connectivity index is 1.59. The van der Waals surface area contributed by atoms with Crippen molar-refractivity contribution in [3.8, 4) is 11.5 Å². The third-order valence-corrected chi connectivity index (χ3v) is 5.15. The van der Waals surface area contributed by atoms with Crippen LogP contribution in [-0.2, 0) is 4.79 Å². The van der Waals surface area contributed by atoms with Crippen molar-refractivity contribution in [2.75, 3.05) is 13.2 Å². The van der Waals surface area contributed by atoms with E-state index in [1.807, 2.05) is 19.9 Å². The standard InChI is InChI=1S/C26H24BrN3O5/c1-3-34-22-10-7-18(8-11-22)26(33)35-23-12-9-21(27)14-20(23)15-29-30-24(31)16-28-25(32)19-6-4-5-17(2)13-19/h4-15H,3,16H2,1-2H3,(H,28,32)(H,30,31)/b29-15-. The molecule has 180 valence electrons. The van der Waals surface area contributed by atoms with Gasteiger partial charge in [0.1, 0.15) is 11.5 Å². The van der Waals surface area contributed by atoms with Gasteiger partial charge in [-0.2, -0.15) is 5.10 Å². The van der Waals surface area contributed by atoms with Crippen molar-refractivity contribution in [3.63, 3.8) is 0 Å². The van der Waals surface area contributed by atoms with E-state index in [-0.39, 0.29) is 18.2 Å². The monoisotopic (exact) mass is 537 g/mol. The molecule has 8 nitrogen and oxygen atoms in total. The summed E-state index contributed by atoms with van der Waals surface area (Å²) in [7, 11) is 0. The van der Waals surface area contributed by atoms with Gasteiger partial charge in [0.2, 0.25) is 0 Å². The predicted octanol–water partition coefficient (Wildman–Crippen LogP) is 4.26. The maximum Gasteiger partial charge on any atom is 0.343 e. The van der Waals surface area contributed by atoms with Crippen LogP contribution in [0.1, 0.15) is 38.8 Å². The van der Waals surface area contributed by atoms with Gasteiger partial charge < -0.3 is 14.8 Å². The summed E-state index contributed by atoms with van der Waals surface area (Å²) in [6, 6.07) is 18.7. The average Bonchev–Trinajstić information content (AvgIpc) is 2.84. The second-order valence-corrected chi connectivity index (χ2v) is 8.29. The van der Waals surface area contributed by atoms with Crippen molar-refractivity contribution in [3.05, 3.63) is 93.5 Å². The third-order valence-electron chi connectivity index (χ3n) is 4.66. The number of carbonyl (C=O) groups excluding carboxylic acids is 3. The normalized spacial score (nSPS) is 10.6. The quantitative estimate of drug-likeness (QED) is 0.183. The molecule has 9 heteroatoms. The first-order valence-corrected chi connectivity index (χ1v) is 11.6. The molecule has 0 bridgehead atoms. The number of aryl methyl sites for hydroxylation is 1. The van der Waals surface area contributed by atoms with Gasteiger partial charge in [-0.25, -0.2) is 10.2 Å². The Morgan fingerprint density at radius 3 is 2.49 bits per heavy atom. The van der Waals surface area contributed by atoms with Crippen LogP contribution in [0, 0.1) is 6.92 Å². The fourth-order valence-electron chi connectivity index (χ4n) is 2.99. The summed E-state index contributed by atoms with van der Waals surface area (Å²) >= 11 is 3.37. The van der Waals surface area contributed by atoms with E-state index in [0.717, 1.165) is 10.0 Å². The lowest BCUT2D eigenvalue weighted by molar-refractivity contribution is -0.120. The zero-order valence-corrected chi connectivity index (χ0v) is 20.8. The van der Waals surface area contributed by atoms with Crippen LogP contribution in [0.4, 0.5) is 0 Å². The number of hydrogen-bond donors (Lipinski definition) is 2. The summed E-state index contributed by atoms with van der Waals surface area (Å²) in [6.45, 7) is 4.04. The van der Waals surface area contributed by atoms with Crippen LogP contribution in [0.5, 0.6) is 11.5 Å². The molecule has 0 saturated carbocycles. The van der Waals surface area contributed by atoms with Crippen LogP contribution in [0.15, 0.2) is 76.3 Å². The highest BCUT2D eigenvalue weighted by molar-refractivity contribution is 9.10. The molecule has 0 fully saturated rings. The first-order chi connectivity index (χ1) is 16.9. The van der Waals surface area contributed by atoms with E-state index in [1.54, 1.807) is 60.7 Å². The number of carbonyl (C=O) groups is 3. The van der Waals surface area contributed by atoms with E-state index in [9.17, 15) is 14.4 Å². The highest BCUT2D eigenvalue weighted by Gasteiger charge is 2.12. The molecule has 2 N–H and O–H groups in total. The molecule has 0 aliphatic rings. The fraction of sp³-hybridized carbons (Fsp3) is 0.154. The van der Waals surface area contributed by atoms with Crippen molar-refractivity contribution >= 4 is 39.9 Å². The number of rotatable bonds is 9. The Hall–Kier alpha value is -3.98. The largest absolute Gasteiger partial charge is 0.494 e. The van der Waals surface area contributed by atoms with E-state index in [0.29, 0.717) is 29.0 Å². The summed E-state index contributed by atoms with van der Waals surface area (Å²) in [5, 5.41) is 6.46. The third kappa shape index (κ3) is 7.79. The lowest BCUT2D eigenvalue weighted by Crippen LogP contribution is -2.34. The van der Waals surface area contributed by atoms with Crippen LogP contribution in [0.25, 0.3) is 0 Å². The van der Waals surface area contributed by atoms with Crippen LogP contribution < -0.4 is 20.2 Å². The Morgan fingerprint density at radius 2 is 1.77 bits per heavy atom. The highest BCUT2D eigenvalue weighted by Crippen LogP contribution is 2.23. The molecule has 0 unspecified atom stereocenters. The number of amides is 2. The van der Waals surface area contributed by atoms with E-state index < -0.39 is 11.9 Å². The smallest absolute Gasteiger partial charge is 0.343 e. The number of esters is 1. The van der Waals surface area contributed by atoms with Crippen LogP contribution in [0.3, 0.4) is 0 Å². The second-order valence-electron chi connectivity index (χ2n) is 7.37. The van der Waals surface area contributed by atoms with Crippen molar-refractivity contribution in [2.24, 2.45) is 5.10 Å². The minimum Gasteiger partial charge on any atom is -0.494 e. The molecular formula is C26H24BrN3O5. The number of nitrogens with zero attached hydrogens (tertiary/aromatic N) is 1. The van der Waals surface area contributed by atoms with E-state index in [2.05, 4.69) is 31.8 Å². The number of hydrogen-bond acceptors (Lipinski definition) is 6. The van der Waals surface area contributed by atoms with Gasteiger partial charge in [0, 0.05) is 15.6 Å². The number of nitrogens with one attached hydrogen (secondary N) is 2. The molecule has 3 rings (SSSR count). The molecule has 0 spiro atoms. The first-order valence-electron chi connectivity index (χ1n) is 10.8. The first kappa shape index (κ1) is 25.6. The van der Waals surface area contributed by atoms with Crippen LogP contribution >= 0.6 is 15.9 Å². The Bertz CT molecular complexity index is 1240. The number of benzene rings is 3. The molecule has 0 aliphatic heterocycles. The zero-order valence-electron chi connectivity index (χ0n) is 19.2. The molecule has 3 aromatic rings. The Morgan fingerprint density at radius 1 is 1.00 bits per heavy atom. The summed E-state index contributed by atoms with van der Waals surface area (Å²) in [5.74, 6) is -0.495. The highest BCUT2D eigenvalue weighted by atomic mass is 79.9. The topological polar surface area (TPSA) is 106 Å². The molecule has 35 heavy (non-hydrogen) atoms. The van der Waals surface area contributed by atoms with Crippen LogP contribution in [0.2, 0.25) is 0 Å². The Labute approximate surface area is 211 Å². The van der Waals surface area contributed by atoms with E-state index in [4.69, 9.17) is 9.47 Å². The van der Waals surface area contributed by atoms with Crippen LogP contribution in [-0.4, -0.2) is 37.1 Å². The van der Waals surface area contributed by atoms with Gasteiger partial charge in [0.05, 0.1) is 24.9 Å². The second kappa shape index (κ2) is 12.5. The summed E-state index contributed by atoms with van der Waals surface area (Å²) in [4.78, 5) is 36.8. The van der Waals surface area contributed by atoms with Gasteiger partial charge in [0.25, 0.3) is 11.8 Å². The van der Waals surface area contributed by atoms with Gasteiger partial charge >= 0.3 is 5.97 Å². The number of ether oxygens (including phenoxy) is 2. The minimum absolute atomic E-state index is 0.248. The SMILES string of the molecule is CCOc1ccc(C(=O)Oc2ccc(Br)cc2/C=N\NC(=O)CNC(=O)c2cccc(C)c2)cc1. The Kier molecular flexibility index (Phi) is 9.14. The predicted molar refractivity (Wildman–Crippen MR) is 136 cm³/mol.